The minimum Gasteiger partial charge on any atom is -0.502 e. The highest BCUT2D eigenvalue weighted by atomic mass is 19.1. The zero-order valence-electron chi connectivity index (χ0n) is 16.9. The Morgan fingerprint density at radius 1 is 1.00 bits per heavy atom. The molecule has 4 aliphatic rings. The SMILES string of the molecule is O=C1c2c(c3n(c(=O)c2O)C(C2CC2)N(C2CC2)C3=O)CCN1Cc1ccc(F)cc1. The van der Waals surface area contributed by atoms with Gasteiger partial charge in [-0.3, -0.25) is 19.0 Å². The van der Waals surface area contributed by atoms with Gasteiger partial charge in [0.1, 0.15) is 17.7 Å². The third-order valence-electron chi connectivity index (χ3n) is 6.88. The fourth-order valence-electron chi connectivity index (χ4n) is 5.09. The van der Waals surface area contributed by atoms with E-state index in [1.807, 2.05) is 4.90 Å². The van der Waals surface area contributed by atoms with Crippen LogP contribution in [0, 0.1) is 11.7 Å². The van der Waals surface area contributed by atoms with Crippen molar-refractivity contribution in [3.8, 4) is 5.75 Å². The van der Waals surface area contributed by atoms with Crippen LogP contribution in [-0.2, 0) is 13.0 Å². The number of nitrogens with zero attached hydrogens (tertiary/aromatic N) is 3. The summed E-state index contributed by atoms with van der Waals surface area (Å²) in [4.78, 5) is 43.2. The first-order valence-electron chi connectivity index (χ1n) is 10.8. The highest BCUT2D eigenvalue weighted by Crippen LogP contribution is 2.50. The average Bonchev–Trinajstić information content (AvgIpc) is 3.67. The number of fused-ring (bicyclic) bond motifs is 3. The first-order chi connectivity index (χ1) is 15.0. The number of pyridine rings is 1. The van der Waals surface area contributed by atoms with Crippen LogP contribution < -0.4 is 5.56 Å². The van der Waals surface area contributed by atoms with Crippen LogP contribution in [0.25, 0.3) is 0 Å². The molecule has 2 aromatic rings. The quantitative estimate of drug-likeness (QED) is 0.819. The minimum atomic E-state index is -0.654. The molecule has 0 radical (unpaired) electrons. The summed E-state index contributed by atoms with van der Waals surface area (Å²) in [5.41, 5.74) is 0.817. The smallest absolute Gasteiger partial charge is 0.295 e. The lowest BCUT2D eigenvalue weighted by molar-refractivity contribution is 0.0644. The van der Waals surface area contributed by atoms with Crippen LogP contribution in [0.1, 0.15) is 63.8 Å². The van der Waals surface area contributed by atoms with Gasteiger partial charge >= 0.3 is 0 Å². The van der Waals surface area contributed by atoms with Crippen molar-refractivity contribution in [2.24, 2.45) is 5.92 Å². The van der Waals surface area contributed by atoms with Gasteiger partial charge in [-0.15, -0.1) is 0 Å². The lowest BCUT2D eigenvalue weighted by Crippen LogP contribution is -2.40. The molecule has 1 N–H and O–H groups in total. The average molecular weight is 423 g/mol. The summed E-state index contributed by atoms with van der Waals surface area (Å²) in [6.45, 7) is 0.599. The predicted octanol–water partition coefficient (Wildman–Crippen LogP) is 2.42. The third kappa shape index (κ3) is 2.73. The molecule has 0 spiro atoms. The second-order valence-corrected chi connectivity index (χ2v) is 9.02. The van der Waals surface area contributed by atoms with Gasteiger partial charge in [-0.25, -0.2) is 4.39 Å². The molecule has 3 heterocycles. The number of benzene rings is 1. The van der Waals surface area contributed by atoms with Crippen LogP contribution in [0.3, 0.4) is 0 Å². The molecule has 8 heteroatoms. The standard InChI is InChI=1S/C23H22FN3O4/c24-14-5-1-12(2-6-14)11-25-10-9-16-17(21(25)29)19(28)23(31)27-18(16)22(30)26(15-7-8-15)20(27)13-3-4-13/h1-2,5-6,13,15,20,28H,3-4,7-11H2. The van der Waals surface area contributed by atoms with Crippen LogP contribution >= 0.6 is 0 Å². The largest absolute Gasteiger partial charge is 0.502 e. The molecule has 2 fully saturated rings. The number of hydrogen-bond donors (Lipinski definition) is 1. The zero-order valence-corrected chi connectivity index (χ0v) is 16.9. The van der Waals surface area contributed by atoms with E-state index in [2.05, 4.69) is 0 Å². The number of hydrogen-bond acceptors (Lipinski definition) is 4. The summed E-state index contributed by atoms with van der Waals surface area (Å²) in [5.74, 6) is -1.35. The molecule has 2 aliphatic carbocycles. The molecule has 2 saturated carbocycles. The van der Waals surface area contributed by atoms with Crippen molar-refractivity contribution in [3.05, 3.63) is 62.8 Å². The van der Waals surface area contributed by atoms with Crippen LogP contribution in [-0.4, -0.2) is 43.9 Å². The van der Waals surface area contributed by atoms with E-state index in [1.165, 1.54) is 21.6 Å². The number of halogens is 1. The lowest BCUT2D eigenvalue weighted by Gasteiger charge is -2.30. The Kier molecular flexibility index (Phi) is 3.85. The Hall–Kier alpha value is -3.16. The van der Waals surface area contributed by atoms with Gasteiger partial charge < -0.3 is 14.9 Å². The second kappa shape index (κ2) is 6.42. The van der Waals surface area contributed by atoms with Crippen LogP contribution in [0.5, 0.6) is 5.75 Å². The molecule has 2 amide bonds. The van der Waals surface area contributed by atoms with E-state index in [0.29, 0.717) is 18.5 Å². The second-order valence-electron chi connectivity index (χ2n) is 9.02. The maximum Gasteiger partial charge on any atom is 0.295 e. The van der Waals surface area contributed by atoms with E-state index in [0.717, 1.165) is 31.2 Å². The van der Waals surface area contributed by atoms with Crippen molar-refractivity contribution in [1.82, 2.24) is 14.4 Å². The van der Waals surface area contributed by atoms with E-state index in [9.17, 15) is 23.9 Å². The van der Waals surface area contributed by atoms with Gasteiger partial charge in [0.15, 0.2) is 5.75 Å². The Morgan fingerprint density at radius 3 is 2.35 bits per heavy atom. The van der Waals surface area contributed by atoms with Gasteiger partial charge in [-0.1, -0.05) is 12.1 Å². The fourth-order valence-corrected chi connectivity index (χ4v) is 5.09. The molecule has 2 aliphatic heterocycles. The molecule has 1 aromatic carbocycles. The molecule has 6 rings (SSSR count). The van der Waals surface area contributed by atoms with Gasteiger partial charge in [-0.05, 0) is 55.7 Å². The number of aromatic nitrogens is 1. The van der Waals surface area contributed by atoms with Crippen LogP contribution in [0.4, 0.5) is 4.39 Å². The van der Waals surface area contributed by atoms with Crippen molar-refractivity contribution in [3.63, 3.8) is 0 Å². The van der Waals surface area contributed by atoms with E-state index in [1.54, 1.807) is 12.1 Å². The molecular weight excluding hydrogens is 401 g/mol. The molecule has 1 unspecified atom stereocenters. The zero-order chi connectivity index (χ0) is 21.4. The summed E-state index contributed by atoms with van der Waals surface area (Å²) >= 11 is 0. The Morgan fingerprint density at radius 2 is 1.71 bits per heavy atom. The summed E-state index contributed by atoms with van der Waals surface area (Å²) in [6, 6.07) is 6.01. The monoisotopic (exact) mass is 423 g/mol. The van der Waals surface area contributed by atoms with Gasteiger partial charge in [0.05, 0.1) is 5.56 Å². The van der Waals surface area contributed by atoms with Gasteiger partial charge in [0, 0.05) is 24.7 Å². The van der Waals surface area contributed by atoms with E-state index < -0.39 is 17.2 Å². The van der Waals surface area contributed by atoms with E-state index >= 15 is 0 Å². The normalized spacial score (nSPS) is 22.7. The molecule has 1 aromatic heterocycles. The minimum absolute atomic E-state index is 0.0508. The fraction of sp³-hybridized carbons (Fsp3) is 0.435. The highest BCUT2D eigenvalue weighted by Gasteiger charge is 2.53. The maximum atomic E-state index is 13.4. The summed E-state index contributed by atoms with van der Waals surface area (Å²) in [7, 11) is 0. The number of carbonyl (C=O) groups excluding carboxylic acids is 2. The van der Waals surface area contributed by atoms with E-state index in [4.69, 9.17) is 0 Å². The molecule has 0 saturated heterocycles. The molecule has 7 nitrogen and oxygen atoms in total. The molecule has 160 valence electrons. The number of aromatic hydroxyl groups is 1. The molecule has 1 atom stereocenters. The summed E-state index contributed by atoms with van der Waals surface area (Å²) < 4.78 is 14.7. The Labute approximate surface area is 177 Å². The molecule has 31 heavy (non-hydrogen) atoms. The van der Waals surface area contributed by atoms with Gasteiger partial charge in [0.2, 0.25) is 0 Å². The highest BCUT2D eigenvalue weighted by molar-refractivity contribution is 6.05. The predicted molar refractivity (Wildman–Crippen MR) is 108 cm³/mol. The van der Waals surface area contributed by atoms with Crippen molar-refractivity contribution < 1.29 is 19.1 Å². The van der Waals surface area contributed by atoms with E-state index in [-0.39, 0.29) is 47.7 Å². The number of amides is 2. The Bertz CT molecular complexity index is 1180. The molecule has 0 bridgehead atoms. The Balaban J connectivity index is 1.43. The first kappa shape index (κ1) is 18.6. The van der Waals surface area contributed by atoms with Gasteiger partial charge in [-0.2, -0.15) is 0 Å². The van der Waals surface area contributed by atoms with Crippen molar-refractivity contribution in [2.45, 2.75) is 50.9 Å². The third-order valence-corrected chi connectivity index (χ3v) is 6.88. The van der Waals surface area contributed by atoms with Gasteiger partial charge in [0.25, 0.3) is 17.4 Å². The van der Waals surface area contributed by atoms with Crippen LogP contribution in [0.2, 0.25) is 0 Å². The number of carbonyl (C=O) groups is 2. The number of rotatable bonds is 4. The molecular formula is C23H22FN3O4. The van der Waals surface area contributed by atoms with Crippen molar-refractivity contribution in [2.75, 3.05) is 6.54 Å². The lowest BCUT2D eigenvalue weighted by atomic mass is 9.95. The van der Waals surface area contributed by atoms with Crippen molar-refractivity contribution in [1.29, 1.82) is 0 Å². The van der Waals surface area contributed by atoms with Crippen molar-refractivity contribution >= 4 is 11.8 Å². The summed E-state index contributed by atoms with van der Waals surface area (Å²) in [6.07, 6.45) is 3.80. The first-order valence-corrected chi connectivity index (χ1v) is 10.8. The summed E-state index contributed by atoms with van der Waals surface area (Å²) in [5, 5.41) is 10.8. The topological polar surface area (TPSA) is 82.8 Å². The maximum absolute atomic E-state index is 13.4. The van der Waals surface area contributed by atoms with Crippen LogP contribution in [0.15, 0.2) is 29.1 Å².